The monoisotopic (exact) mass is 618 g/mol. The zero-order valence-electron chi connectivity index (χ0n) is 23.7. The number of rotatable bonds is 19. The zero-order chi connectivity index (χ0) is 31.3. The molecule has 0 unspecified atom stereocenters. The molecular weight excluding hydrogens is 584 g/mol. The molecule has 0 radical (unpaired) electrons. The summed E-state index contributed by atoms with van der Waals surface area (Å²) in [4.78, 5) is 68.5. The van der Waals surface area contributed by atoms with Crippen LogP contribution in [-0.4, -0.2) is 117 Å². The van der Waals surface area contributed by atoms with Crippen LogP contribution >= 0.6 is 0 Å². The number of carbonyl (C=O) groups excluding carboxylic acids is 2. The van der Waals surface area contributed by atoms with Crippen molar-refractivity contribution in [2.24, 2.45) is 0 Å². The minimum atomic E-state index is -0.469. The molecule has 0 saturated carbocycles. The predicted octanol–water partition coefficient (Wildman–Crippen LogP) is -3.28. The maximum atomic E-state index is 12.2. The highest BCUT2D eigenvalue weighted by atomic mass is 16.6. The minimum absolute atomic E-state index is 0.0546. The molecule has 8 N–H and O–H groups in total. The average Bonchev–Trinajstić information content (AvgIpc) is 3.57. The number of carbonyl (C=O) groups is 2. The Balaban J connectivity index is 0.927. The molecule has 0 aliphatic carbocycles. The number of nitrogens with one attached hydrogen (secondary N) is 4. The van der Waals surface area contributed by atoms with Crippen molar-refractivity contribution in [3.63, 3.8) is 0 Å². The van der Waals surface area contributed by atoms with Gasteiger partial charge in [0.2, 0.25) is 23.7 Å². The van der Waals surface area contributed by atoms with Crippen LogP contribution in [0.2, 0.25) is 0 Å². The second kappa shape index (κ2) is 16.1. The molecule has 2 amide bonds. The fourth-order valence-corrected chi connectivity index (χ4v) is 3.88. The van der Waals surface area contributed by atoms with Gasteiger partial charge in [-0.05, 0) is 0 Å². The van der Waals surface area contributed by atoms with E-state index in [0.717, 1.165) is 0 Å². The number of fused-ring (bicyclic) bond motifs is 2. The normalized spacial score (nSPS) is 11.4. The molecule has 4 aromatic rings. The Hall–Kier alpha value is -4.92. The van der Waals surface area contributed by atoms with E-state index < -0.39 is 11.1 Å². The lowest BCUT2D eigenvalue weighted by Gasteiger charge is -2.09. The van der Waals surface area contributed by atoms with Crippen molar-refractivity contribution in [2.45, 2.75) is 13.1 Å². The van der Waals surface area contributed by atoms with Gasteiger partial charge in [0.05, 0.1) is 65.5 Å². The molecule has 44 heavy (non-hydrogen) atoms. The Morgan fingerprint density at radius 2 is 1.02 bits per heavy atom. The van der Waals surface area contributed by atoms with Crippen LogP contribution in [0.4, 0.5) is 11.9 Å². The number of nitrogens with two attached hydrogens (primary N) is 2. The number of aromatic nitrogens is 8. The molecule has 0 aromatic carbocycles. The first-order chi connectivity index (χ1) is 21.3. The second-order valence-corrected chi connectivity index (χ2v) is 9.14. The van der Waals surface area contributed by atoms with Crippen LogP contribution < -0.4 is 33.2 Å². The summed E-state index contributed by atoms with van der Waals surface area (Å²) in [6.07, 6.45) is 2.71. The number of hydrogen-bond donors (Lipinski definition) is 6. The van der Waals surface area contributed by atoms with Crippen molar-refractivity contribution in [2.75, 3.05) is 77.4 Å². The molecule has 0 atom stereocenters. The van der Waals surface area contributed by atoms with Crippen LogP contribution in [0.1, 0.15) is 0 Å². The molecule has 0 spiro atoms. The van der Waals surface area contributed by atoms with E-state index in [1.54, 1.807) is 0 Å². The van der Waals surface area contributed by atoms with Crippen LogP contribution in [-0.2, 0) is 41.6 Å². The van der Waals surface area contributed by atoms with Gasteiger partial charge in [-0.3, -0.25) is 29.1 Å². The van der Waals surface area contributed by atoms with Crippen LogP contribution in [0, 0.1) is 0 Å². The highest BCUT2D eigenvalue weighted by molar-refractivity contribution is 5.79. The molecule has 4 aromatic heterocycles. The molecule has 20 heteroatoms. The number of amides is 2. The van der Waals surface area contributed by atoms with Crippen LogP contribution in [0.3, 0.4) is 0 Å². The molecule has 4 heterocycles. The van der Waals surface area contributed by atoms with E-state index in [1.807, 2.05) is 0 Å². The smallest absolute Gasteiger partial charge is 0.280 e. The number of hydrogen-bond acceptors (Lipinski definition) is 14. The highest BCUT2D eigenvalue weighted by Gasteiger charge is 2.13. The third-order valence-corrected chi connectivity index (χ3v) is 5.87. The molecule has 0 fully saturated rings. The van der Waals surface area contributed by atoms with Gasteiger partial charge in [0.25, 0.3) is 11.1 Å². The van der Waals surface area contributed by atoms with E-state index in [0.29, 0.717) is 65.9 Å². The molecule has 0 saturated heterocycles. The van der Waals surface area contributed by atoms with Crippen LogP contribution in [0.15, 0.2) is 22.2 Å². The predicted molar refractivity (Wildman–Crippen MR) is 154 cm³/mol. The average molecular weight is 619 g/mol. The van der Waals surface area contributed by atoms with Gasteiger partial charge in [-0.1, -0.05) is 0 Å². The van der Waals surface area contributed by atoms with Crippen molar-refractivity contribution in [3.8, 4) is 0 Å². The summed E-state index contributed by atoms with van der Waals surface area (Å²) in [6.45, 7) is 3.25. The summed E-state index contributed by atoms with van der Waals surface area (Å²) in [7, 11) is 0. The fourth-order valence-electron chi connectivity index (χ4n) is 3.88. The van der Waals surface area contributed by atoms with Gasteiger partial charge in [-0.25, -0.2) is 9.97 Å². The van der Waals surface area contributed by atoms with E-state index in [2.05, 4.69) is 40.5 Å². The Kier molecular flexibility index (Phi) is 11.7. The quantitative estimate of drug-likeness (QED) is 0.0562. The number of H-pyrrole nitrogens is 2. The standard InChI is InChI=1S/C24H34N12O8/c25-23-31-19-17(21(39)33-23)29-13-35(19)11-15(37)27-1-3-41-5-7-43-9-10-44-8-6-42-4-2-28-16(38)12-36-14-30-18-20(36)32-24(26)34-22(18)40/h13-14H,1-12H2,(H,27,37)(H,28,38)(H3,25,31,33,39)(H3,26,32,34,40). The van der Waals surface area contributed by atoms with E-state index in [-0.39, 0.29) is 59.1 Å². The first-order valence-electron chi connectivity index (χ1n) is 13.6. The van der Waals surface area contributed by atoms with Gasteiger partial charge in [0.15, 0.2) is 22.3 Å². The van der Waals surface area contributed by atoms with Crippen molar-refractivity contribution in [1.82, 2.24) is 49.7 Å². The lowest BCUT2D eigenvalue weighted by Crippen LogP contribution is -2.31. The lowest BCUT2D eigenvalue weighted by molar-refractivity contribution is -0.122. The molecule has 0 bridgehead atoms. The highest BCUT2D eigenvalue weighted by Crippen LogP contribution is 2.07. The topological polar surface area (TPSA) is 274 Å². The summed E-state index contributed by atoms with van der Waals surface area (Å²) in [5, 5.41) is 5.42. The Morgan fingerprint density at radius 1 is 0.659 bits per heavy atom. The van der Waals surface area contributed by atoms with Gasteiger partial charge in [-0.15, -0.1) is 0 Å². The first kappa shape index (κ1) is 32.0. The summed E-state index contributed by atoms with van der Waals surface area (Å²) in [5.41, 5.74) is 10.8. The SMILES string of the molecule is Nc1nc2c(ncn2CC(=O)NCCOCCOCCOCCOCCNC(=O)Cn2cnc3c(=O)[nH]c(N)nc32)c(=O)[nH]1. The number of anilines is 2. The first-order valence-corrected chi connectivity index (χ1v) is 13.6. The molecule has 20 nitrogen and oxygen atoms in total. The molecule has 4 rings (SSSR count). The van der Waals surface area contributed by atoms with Gasteiger partial charge in [0.1, 0.15) is 13.1 Å². The van der Waals surface area contributed by atoms with Crippen molar-refractivity contribution in [3.05, 3.63) is 33.4 Å². The van der Waals surface area contributed by atoms with Crippen molar-refractivity contribution in [1.29, 1.82) is 0 Å². The largest absolute Gasteiger partial charge is 0.377 e. The lowest BCUT2D eigenvalue weighted by atomic mass is 10.5. The van der Waals surface area contributed by atoms with E-state index in [9.17, 15) is 19.2 Å². The summed E-state index contributed by atoms with van der Waals surface area (Å²) in [6, 6.07) is 0. The summed E-state index contributed by atoms with van der Waals surface area (Å²) in [5.74, 6) is -0.694. The number of imidazole rings is 2. The maximum Gasteiger partial charge on any atom is 0.280 e. The Morgan fingerprint density at radius 3 is 1.41 bits per heavy atom. The van der Waals surface area contributed by atoms with Gasteiger partial charge in [0, 0.05) is 13.1 Å². The van der Waals surface area contributed by atoms with Crippen LogP contribution in [0.25, 0.3) is 22.3 Å². The number of aromatic amines is 2. The number of nitrogen functional groups attached to an aromatic ring is 2. The Labute approximate surface area is 248 Å². The van der Waals surface area contributed by atoms with E-state index in [1.165, 1.54) is 21.8 Å². The summed E-state index contributed by atoms with van der Waals surface area (Å²) < 4.78 is 24.6. The van der Waals surface area contributed by atoms with Gasteiger partial charge in [-0.2, -0.15) is 9.97 Å². The fraction of sp³-hybridized carbons (Fsp3) is 0.500. The zero-order valence-corrected chi connectivity index (χ0v) is 23.7. The maximum absolute atomic E-state index is 12.2. The number of ether oxygens (including phenoxy) is 4. The van der Waals surface area contributed by atoms with Gasteiger partial charge >= 0.3 is 0 Å². The molecule has 0 aliphatic rings. The minimum Gasteiger partial charge on any atom is -0.377 e. The number of nitrogens with zero attached hydrogens (tertiary/aromatic N) is 6. The third-order valence-electron chi connectivity index (χ3n) is 5.87. The second-order valence-electron chi connectivity index (χ2n) is 9.14. The summed E-state index contributed by atoms with van der Waals surface area (Å²) >= 11 is 0. The Bertz CT molecular complexity index is 1540. The van der Waals surface area contributed by atoms with Crippen molar-refractivity contribution >= 4 is 46.0 Å². The van der Waals surface area contributed by atoms with E-state index >= 15 is 0 Å². The van der Waals surface area contributed by atoms with Crippen LogP contribution in [0.5, 0.6) is 0 Å². The molecule has 0 aliphatic heterocycles. The molecular formula is C24H34N12O8. The van der Waals surface area contributed by atoms with Crippen molar-refractivity contribution < 1.29 is 28.5 Å². The van der Waals surface area contributed by atoms with Gasteiger partial charge < -0.3 is 50.2 Å². The third kappa shape index (κ3) is 9.29. The van der Waals surface area contributed by atoms with E-state index in [4.69, 9.17) is 30.4 Å². The molecule has 238 valence electrons.